The zero-order valence-corrected chi connectivity index (χ0v) is 21.0. The number of fused-ring (bicyclic) bond motifs is 3. The van der Waals surface area contributed by atoms with Crippen molar-refractivity contribution < 1.29 is 27.8 Å². The van der Waals surface area contributed by atoms with E-state index in [0.29, 0.717) is 31.7 Å². The molecule has 2 aromatic carbocycles. The molecule has 0 spiro atoms. The van der Waals surface area contributed by atoms with Crippen LogP contribution < -0.4 is 4.74 Å². The molecule has 1 aromatic heterocycles. The van der Waals surface area contributed by atoms with Gasteiger partial charge < -0.3 is 19.7 Å². The standard InChI is InChI=1S/C28H32F3N3O3/c1-16-9-21-20-5-3-4-6-24(20)32-27(21)28(34(16)25(36)10-17(2)35)26-22(30)11-19(12-23(26)31)37-8-7-33-14-18(13-29)15-33/h3-6,11-12,16-18,28,32,35H,7-10,13-15H2,1-2H3/t16-,17?,28?/m1/s1. The van der Waals surface area contributed by atoms with Gasteiger partial charge >= 0.3 is 0 Å². The molecule has 3 atom stereocenters. The molecule has 1 amide bonds. The normalized spacial score (nSPS) is 21.1. The molecule has 3 aromatic rings. The minimum atomic E-state index is -1.02. The molecule has 3 heterocycles. The van der Waals surface area contributed by atoms with Crippen LogP contribution >= 0.6 is 0 Å². The summed E-state index contributed by atoms with van der Waals surface area (Å²) in [4.78, 5) is 20.1. The van der Waals surface area contributed by atoms with Crippen LogP contribution in [0.25, 0.3) is 10.9 Å². The molecular weight excluding hydrogens is 483 g/mol. The SMILES string of the molecule is CC(O)CC(=O)N1C(c2c(F)cc(OCCN3CC(CF)C3)cc2F)c2[nH]c3ccccc3c2C[C@H]1C. The number of rotatable bonds is 8. The van der Waals surface area contributed by atoms with Gasteiger partial charge in [-0.25, -0.2) is 8.78 Å². The van der Waals surface area contributed by atoms with Gasteiger partial charge in [0.05, 0.1) is 24.8 Å². The second kappa shape index (κ2) is 10.4. The summed E-state index contributed by atoms with van der Waals surface area (Å²) < 4.78 is 49.5. The lowest BCUT2D eigenvalue weighted by Crippen LogP contribution is -2.49. The van der Waals surface area contributed by atoms with Crippen molar-refractivity contribution >= 4 is 16.8 Å². The third kappa shape index (κ3) is 4.94. The Labute approximate surface area is 214 Å². The molecule has 198 valence electrons. The van der Waals surface area contributed by atoms with Gasteiger partial charge in [0.15, 0.2) is 0 Å². The number of ether oxygens (including phenoxy) is 1. The average molecular weight is 516 g/mol. The van der Waals surface area contributed by atoms with Gasteiger partial charge in [0, 0.05) is 60.3 Å². The van der Waals surface area contributed by atoms with E-state index in [9.17, 15) is 14.3 Å². The van der Waals surface area contributed by atoms with Gasteiger partial charge in [0.2, 0.25) is 5.91 Å². The summed E-state index contributed by atoms with van der Waals surface area (Å²) in [6, 6.07) is 8.58. The number of alkyl halides is 1. The topological polar surface area (TPSA) is 68.8 Å². The van der Waals surface area contributed by atoms with Gasteiger partial charge in [-0.1, -0.05) is 18.2 Å². The molecule has 0 saturated carbocycles. The van der Waals surface area contributed by atoms with E-state index >= 15 is 8.78 Å². The number of aromatic amines is 1. The van der Waals surface area contributed by atoms with Crippen LogP contribution in [0.3, 0.4) is 0 Å². The molecule has 9 heteroatoms. The van der Waals surface area contributed by atoms with Crippen molar-refractivity contribution in [2.75, 3.05) is 32.9 Å². The first kappa shape index (κ1) is 25.6. The third-order valence-corrected chi connectivity index (χ3v) is 7.38. The van der Waals surface area contributed by atoms with E-state index in [1.54, 1.807) is 0 Å². The van der Waals surface area contributed by atoms with E-state index in [4.69, 9.17) is 4.74 Å². The van der Waals surface area contributed by atoms with Crippen LogP contribution in [0.2, 0.25) is 0 Å². The van der Waals surface area contributed by atoms with Crippen LogP contribution in [0.15, 0.2) is 36.4 Å². The van der Waals surface area contributed by atoms with E-state index in [1.807, 2.05) is 36.1 Å². The minimum Gasteiger partial charge on any atom is -0.492 e. The molecule has 2 aliphatic heterocycles. The summed E-state index contributed by atoms with van der Waals surface area (Å²) in [5.74, 6) is -1.88. The molecule has 2 aliphatic rings. The Morgan fingerprint density at radius 3 is 2.59 bits per heavy atom. The molecular formula is C28H32F3N3O3. The summed E-state index contributed by atoms with van der Waals surface area (Å²) in [7, 11) is 0. The van der Waals surface area contributed by atoms with E-state index in [2.05, 4.69) is 4.98 Å². The highest BCUT2D eigenvalue weighted by Gasteiger charge is 2.41. The number of halogens is 3. The zero-order valence-electron chi connectivity index (χ0n) is 21.0. The molecule has 0 aliphatic carbocycles. The zero-order chi connectivity index (χ0) is 26.3. The number of carbonyl (C=O) groups is 1. The van der Waals surface area contributed by atoms with Gasteiger partial charge in [0.25, 0.3) is 0 Å². The van der Waals surface area contributed by atoms with Crippen LogP contribution in [0, 0.1) is 17.6 Å². The number of H-pyrrole nitrogens is 1. The molecule has 6 nitrogen and oxygen atoms in total. The van der Waals surface area contributed by atoms with Crippen LogP contribution in [0.1, 0.15) is 43.1 Å². The lowest BCUT2D eigenvalue weighted by Gasteiger charge is -2.41. The fourth-order valence-electron chi connectivity index (χ4n) is 5.65. The number of benzene rings is 2. The van der Waals surface area contributed by atoms with Gasteiger partial charge in [-0.05, 0) is 31.9 Å². The molecule has 0 bridgehead atoms. The largest absolute Gasteiger partial charge is 0.492 e. The van der Waals surface area contributed by atoms with Crippen LogP contribution in [0.4, 0.5) is 13.2 Å². The second-order valence-electron chi connectivity index (χ2n) is 10.3. The van der Waals surface area contributed by atoms with Crippen molar-refractivity contribution in [1.82, 2.24) is 14.8 Å². The van der Waals surface area contributed by atoms with Gasteiger partial charge in [0.1, 0.15) is 30.0 Å². The van der Waals surface area contributed by atoms with Crippen molar-refractivity contribution in [3.8, 4) is 5.75 Å². The Morgan fingerprint density at radius 2 is 1.92 bits per heavy atom. The lowest BCUT2D eigenvalue weighted by atomic mass is 9.87. The third-order valence-electron chi connectivity index (χ3n) is 7.38. The maximum Gasteiger partial charge on any atom is 0.226 e. The van der Waals surface area contributed by atoms with Crippen molar-refractivity contribution in [2.24, 2.45) is 5.92 Å². The smallest absolute Gasteiger partial charge is 0.226 e. The highest BCUT2D eigenvalue weighted by molar-refractivity contribution is 5.87. The molecule has 2 unspecified atom stereocenters. The van der Waals surface area contributed by atoms with Crippen LogP contribution in [0.5, 0.6) is 5.75 Å². The van der Waals surface area contributed by atoms with Gasteiger partial charge in [-0.2, -0.15) is 0 Å². The quantitative estimate of drug-likeness (QED) is 0.468. The van der Waals surface area contributed by atoms with E-state index in [0.717, 1.165) is 28.6 Å². The summed E-state index contributed by atoms with van der Waals surface area (Å²) >= 11 is 0. The first-order valence-electron chi connectivity index (χ1n) is 12.8. The van der Waals surface area contributed by atoms with Gasteiger partial charge in [-0.15, -0.1) is 0 Å². The monoisotopic (exact) mass is 515 g/mol. The van der Waals surface area contributed by atoms with Crippen LogP contribution in [-0.2, 0) is 11.2 Å². The molecule has 1 saturated heterocycles. The molecule has 1 fully saturated rings. The number of hydrogen-bond acceptors (Lipinski definition) is 4. The Hall–Kier alpha value is -3.04. The van der Waals surface area contributed by atoms with E-state index in [-0.39, 0.29) is 48.9 Å². The van der Waals surface area contributed by atoms with Crippen LogP contribution in [-0.4, -0.2) is 70.9 Å². The number of carbonyl (C=O) groups excluding carboxylic acids is 1. The molecule has 2 N–H and O–H groups in total. The number of amides is 1. The first-order chi connectivity index (χ1) is 17.8. The summed E-state index contributed by atoms with van der Waals surface area (Å²) in [5, 5.41) is 10.8. The molecule has 0 radical (unpaired) electrons. The molecule has 5 rings (SSSR count). The van der Waals surface area contributed by atoms with Gasteiger partial charge in [-0.3, -0.25) is 14.1 Å². The second-order valence-corrected chi connectivity index (χ2v) is 10.3. The fourth-order valence-corrected chi connectivity index (χ4v) is 5.65. The Bertz CT molecular complexity index is 1270. The minimum absolute atomic E-state index is 0.0565. The van der Waals surface area contributed by atoms with E-state index in [1.165, 1.54) is 11.8 Å². The predicted molar refractivity (Wildman–Crippen MR) is 134 cm³/mol. The number of hydrogen-bond donors (Lipinski definition) is 2. The summed E-state index contributed by atoms with van der Waals surface area (Å²) in [6.07, 6.45) is -0.520. The van der Waals surface area contributed by atoms with Crippen molar-refractivity contribution in [3.63, 3.8) is 0 Å². The maximum absolute atomic E-state index is 15.7. The van der Waals surface area contributed by atoms with E-state index < -0.39 is 23.8 Å². The average Bonchev–Trinajstić information content (AvgIpc) is 3.17. The number of aromatic nitrogens is 1. The lowest BCUT2D eigenvalue weighted by molar-refractivity contribution is -0.137. The number of aliphatic hydroxyl groups is 1. The molecule has 37 heavy (non-hydrogen) atoms. The first-order valence-corrected chi connectivity index (χ1v) is 12.8. The Morgan fingerprint density at radius 1 is 1.22 bits per heavy atom. The van der Waals surface area contributed by atoms with Crippen molar-refractivity contribution in [1.29, 1.82) is 0 Å². The van der Waals surface area contributed by atoms with Crippen molar-refractivity contribution in [3.05, 3.63) is 64.9 Å². The Balaban J connectivity index is 1.48. The van der Waals surface area contributed by atoms with Crippen molar-refractivity contribution in [2.45, 2.75) is 44.9 Å². The predicted octanol–water partition coefficient (Wildman–Crippen LogP) is 4.36. The highest BCUT2D eigenvalue weighted by atomic mass is 19.1. The maximum atomic E-state index is 15.7. The summed E-state index contributed by atoms with van der Waals surface area (Å²) in [5.41, 5.74) is 2.09. The highest BCUT2D eigenvalue weighted by Crippen LogP contribution is 2.43. The number of likely N-dealkylation sites (tertiary alicyclic amines) is 1. The number of para-hydroxylation sites is 1. The number of nitrogens with one attached hydrogen (secondary N) is 1. The number of aliphatic hydroxyl groups excluding tert-OH is 1. The number of nitrogens with zero attached hydrogens (tertiary/aromatic N) is 2. The Kier molecular flexibility index (Phi) is 7.18. The fraction of sp³-hybridized carbons (Fsp3) is 0.464. The summed E-state index contributed by atoms with van der Waals surface area (Å²) in [6.45, 7) is 5.11.